The highest BCUT2D eigenvalue weighted by atomic mass is 19.4. The van der Waals surface area contributed by atoms with Crippen LogP contribution in [0, 0.1) is 5.92 Å². The van der Waals surface area contributed by atoms with Crippen LogP contribution in [0.3, 0.4) is 0 Å². The summed E-state index contributed by atoms with van der Waals surface area (Å²) in [6.45, 7) is 2.36. The van der Waals surface area contributed by atoms with Gasteiger partial charge in [0.1, 0.15) is 17.8 Å². The van der Waals surface area contributed by atoms with Gasteiger partial charge in [0.2, 0.25) is 5.91 Å². The van der Waals surface area contributed by atoms with E-state index in [1.165, 1.54) is 44.2 Å². The molecule has 11 heteroatoms. The third-order valence-corrected chi connectivity index (χ3v) is 6.27. The van der Waals surface area contributed by atoms with Crippen molar-refractivity contribution in [2.24, 2.45) is 11.7 Å². The molecule has 3 rings (SSSR count). The van der Waals surface area contributed by atoms with Crippen molar-refractivity contribution in [1.82, 2.24) is 10.6 Å². The summed E-state index contributed by atoms with van der Waals surface area (Å²) in [4.78, 5) is 12.7. The third kappa shape index (κ3) is 7.57. The molecule has 0 radical (unpaired) electrons. The number of allylic oxidation sites excluding steroid dienone is 3. The van der Waals surface area contributed by atoms with E-state index in [0.717, 1.165) is 0 Å². The van der Waals surface area contributed by atoms with Crippen molar-refractivity contribution in [1.29, 1.82) is 0 Å². The van der Waals surface area contributed by atoms with Crippen molar-refractivity contribution < 1.29 is 36.2 Å². The number of aliphatic hydroxyl groups excluding tert-OH is 1. The Morgan fingerprint density at radius 3 is 2.22 bits per heavy atom. The highest BCUT2D eigenvalue weighted by Crippen LogP contribution is 2.36. The van der Waals surface area contributed by atoms with Gasteiger partial charge in [-0.1, -0.05) is 42.5 Å². The maximum Gasteiger partial charge on any atom is 0.407 e. The quantitative estimate of drug-likeness (QED) is 0.270. The molecule has 2 aliphatic rings. The second-order valence-electron chi connectivity index (χ2n) is 10.1. The second-order valence-corrected chi connectivity index (χ2v) is 10.1. The molecule has 36 heavy (non-hydrogen) atoms. The van der Waals surface area contributed by atoms with E-state index in [-0.39, 0.29) is 12.0 Å². The predicted octanol–water partition coefficient (Wildman–Crippen LogP) is 4.54. The molecule has 200 valence electrons. The molecule has 0 saturated heterocycles. The Kier molecular flexibility index (Phi) is 8.26. The van der Waals surface area contributed by atoms with Gasteiger partial charge in [-0.2, -0.15) is 13.2 Å². The molecule has 1 amide bonds. The smallest absolute Gasteiger partial charge is 0.387 e. The first kappa shape index (κ1) is 28.2. The van der Waals surface area contributed by atoms with Crippen molar-refractivity contribution in [2.45, 2.75) is 81.7 Å². The summed E-state index contributed by atoms with van der Waals surface area (Å²) < 4.78 is 81.9. The Morgan fingerprint density at radius 1 is 1.17 bits per heavy atom. The van der Waals surface area contributed by atoms with E-state index in [9.17, 15) is 36.2 Å². The fraction of sp³-hybridized carbons (Fsp3) is 0.560. The van der Waals surface area contributed by atoms with Crippen LogP contribution >= 0.6 is 0 Å². The van der Waals surface area contributed by atoms with Crippen molar-refractivity contribution in [3.63, 3.8) is 0 Å². The zero-order valence-electron chi connectivity index (χ0n) is 20.0. The van der Waals surface area contributed by atoms with E-state index in [1.807, 2.05) is 0 Å². The number of rotatable bonds is 10. The number of carbonyl (C=O) groups excluding carboxylic acids is 1. The molecule has 1 aromatic rings. The largest absolute Gasteiger partial charge is 0.407 e. The topological polar surface area (TPSA) is 87.4 Å². The number of benzene rings is 1. The lowest BCUT2D eigenvalue weighted by molar-refractivity contribution is -0.161. The fourth-order valence-corrected chi connectivity index (χ4v) is 4.04. The molecule has 5 N–H and O–H groups in total. The number of alkyl halides is 6. The van der Waals surface area contributed by atoms with Crippen LogP contribution in [0.2, 0.25) is 0 Å². The monoisotopic (exact) mass is 519 g/mol. The highest BCUT2D eigenvalue weighted by Gasteiger charge is 2.46. The Morgan fingerprint density at radius 2 is 1.78 bits per heavy atom. The van der Waals surface area contributed by atoms with E-state index < -0.39 is 60.4 Å². The average molecular weight is 520 g/mol. The molecular formula is C25H31F6N3O2. The van der Waals surface area contributed by atoms with Gasteiger partial charge in [-0.15, -0.1) is 0 Å². The highest BCUT2D eigenvalue weighted by molar-refractivity contribution is 5.83. The van der Waals surface area contributed by atoms with Gasteiger partial charge in [-0.25, -0.2) is 13.2 Å². The molecule has 0 bridgehead atoms. The van der Waals surface area contributed by atoms with Crippen molar-refractivity contribution in [3.8, 4) is 0 Å². The third-order valence-electron chi connectivity index (χ3n) is 6.27. The van der Waals surface area contributed by atoms with Crippen LogP contribution in [-0.2, 0) is 4.79 Å². The number of hydrogen-bond donors (Lipinski definition) is 4. The second kappa shape index (κ2) is 10.5. The Labute approximate surface area is 205 Å². The van der Waals surface area contributed by atoms with Crippen molar-refractivity contribution in [3.05, 3.63) is 53.6 Å². The molecule has 1 fully saturated rings. The lowest BCUT2D eigenvalue weighted by Crippen LogP contribution is -2.55. The number of amides is 1. The molecule has 0 spiro atoms. The molecule has 0 aromatic heterocycles. The molecule has 0 heterocycles. The van der Waals surface area contributed by atoms with Gasteiger partial charge in [0.25, 0.3) is 6.43 Å². The van der Waals surface area contributed by atoms with Crippen LogP contribution in [0.1, 0.15) is 56.7 Å². The zero-order chi connectivity index (χ0) is 26.9. The standard InChI is InChI=1S/C25H31F6N3O2/c1-23(2,28)13-18(22(36)34-24(32)11-12-24)33-20(25(29,30)31)17-9-5-15(6-10-17)14-3-7-16(8-4-14)19(35)21(26)27/h3-7,9-10,16,18-21,33,35H,8,11-13,32H2,1-2H3,(H,34,36)/t16?,18-,19-,20-/m0/s1. The van der Waals surface area contributed by atoms with Crippen LogP contribution in [-0.4, -0.2) is 47.1 Å². The van der Waals surface area contributed by atoms with Crippen molar-refractivity contribution in [2.75, 3.05) is 0 Å². The van der Waals surface area contributed by atoms with E-state index in [1.54, 1.807) is 12.2 Å². The fourth-order valence-electron chi connectivity index (χ4n) is 4.04. The number of hydrogen-bond acceptors (Lipinski definition) is 4. The van der Waals surface area contributed by atoms with Gasteiger partial charge in [0.15, 0.2) is 0 Å². The van der Waals surface area contributed by atoms with Gasteiger partial charge >= 0.3 is 6.18 Å². The molecule has 5 nitrogen and oxygen atoms in total. The first-order valence-corrected chi connectivity index (χ1v) is 11.7. The van der Waals surface area contributed by atoms with Crippen LogP contribution in [0.5, 0.6) is 0 Å². The zero-order valence-corrected chi connectivity index (χ0v) is 20.0. The van der Waals surface area contributed by atoms with E-state index in [0.29, 0.717) is 24.0 Å². The Bertz CT molecular complexity index is 981. The predicted molar refractivity (Wildman–Crippen MR) is 123 cm³/mol. The number of halogens is 6. The maximum atomic E-state index is 14.4. The minimum absolute atomic E-state index is 0.157. The Hall–Kier alpha value is -2.37. The van der Waals surface area contributed by atoms with Gasteiger partial charge in [0, 0.05) is 12.3 Å². The van der Waals surface area contributed by atoms with E-state index in [2.05, 4.69) is 10.6 Å². The maximum absolute atomic E-state index is 14.4. The Balaban J connectivity index is 1.78. The molecule has 1 saturated carbocycles. The van der Waals surface area contributed by atoms with Gasteiger partial charge in [-0.3, -0.25) is 10.1 Å². The summed E-state index contributed by atoms with van der Waals surface area (Å²) in [5, 5.41) is 14.3. The van der Waals surface area contributed by atoms with Gasteiger partial charge < -0.3 is 16.2 Å². The molecule has 2 aliphatic carbocycles. The SMILES string of the molecule is CC(C)(F)C[C@H](N[C@@H](c1ccc(C2=CCC([C@H](O)C(F)F)C=C2)cc1)C(F)(F)F)C(=O)NC1(N)CC1. The number of nitrogens with two attached hydrogens (primary N) is 1. The molecule has 0 aliphatic heterocycles. The van der Waals surface area contributed by atoms with E-state index >= 15 is 0 Å². The number of carbonyl (C=O) groups is 1. The first-order valence-electron chi connectivity index (χ1n) is 11.7. The first-order chi connectivity index (χ1) is 16.6. The number of aliphatic hydroxyl groups is 1. The minimum Gasteiger partial charge on any atom is -0.387 e. The summed E-state index contributed by atoms with van der Waals surface area (Å²) in [6.07, 6.45) is -4.21. The summed E-state index contributed by atoms with van der Waals surface area (Å²) >= 11 is 0. The van der Waals surface area contributed by atoms with Crippen molar-refractivity contribution >= 4 is 11.5 Å². The van der Waals surface area contributed by atoms with Gasteiger partial charge in [-0.05, 0) is 49.8 Å². The minimum atomic E-state index is -4.79. The summed E-state index contributed by atoms with van der Waals surface area (Å²) in [5.41, 5.74) is 3.96. The molecule has 1 unspecified atom stereocenters. The summed E-state index contributed by atoms with van der Waals surface area (Å²) in [5.74, 6) is -1.55. The lowest BCUT2D eigenvalue weighted by Gasteiger charge is -2.30. The summed E-state index contributed by atoms with van der Waals surface area (Å²) in [7, 11) is 0. The normalized spacial score (nSPS) is 22.1. The van der Waals surface area contributed by atoms with Crippen LogP contribution < -0.4 is 16.4 Å². The molecule has 1 aromatic carbocycles. The van der Waals surface area contributed by atoms with Crippen LogP contribution in [0.15, 0.2) is 42.5 Å². The average Bonchev–Trinajstić information content (AvgIpc) is 3.51. The van der Waals surface area contributed by atoms with Crippen LogP contribution in [0.4, 0.5) is 26.3 Å². The molecular weight excluding hydrogens is 488 g/mol. The molecule has 4 atom stereocenters. The number of nitrogens with one attached hydrogen (secondary N) is 2. The lowest BCUT2D eigenvalue weighted by atomic mass is 9.89. The van der Waals surface area contributed by atoms with Gasteiger partial charge in [0.05, 0.1) is 11.7 Å². The van der Waals surface area contributed by atoms with Crippen LogP contribution in [0.25, 0.3) is 5.57 Å². The van der Waals surface area contributed by atoms with E-state index in [4.69, 9.17) is 5.73 Å². The summed E-state index contributed by atoms with van der Waals surface area (Å²) in [6, 6.07) is 1.65.